The van der Waals surface area contributed by atoms with Gasteiger partial charge in [0.25, 0.3) is 0 Å². The van der Waals surface area contributed by atoms with Crippen molar-refractivity contribution in [1.29, 1.82) is 0 Å². The molecule has 0 radical (unpaired) electrons. The Labute approximate surface area is 197 Å². The van der Waals surface area contributed by atoms with Gasteiger partial charge in [-0.3, -0.25) is 19.2 Å². The predicted molar refractivity (Wildman–Crippen MR) is 127 cm³/mol. The molecule has 0 unspecified atom stereocenters. The number of amides is 2. The van der Waals surface area contributed by atoms with E-state index in [1.807, 2.05) is 43.4 Å². The summed E-state index contributed by atoms with van der Waals surface area (Å²) in [7, 11) is 1.86. The van der Waals surface area contributed by atoms with E-state index in [1.54, 1.807) is 23.0 Å². The minimum Gasteiger partial charge on any atom is -0.492 e. The number of hydrogen-bond donors (Lipinski definition) is 2. The lowest BCUT2D eigenvalue weighted by atomic mass is 10.1. The van der Waals surface area contributed by atoms with Crippen LogP contribution in [0.2, 0.25) is 5.02 Å². The van der Waals surface area contributed by atoms with Gasteiger partial charge in [-0.2, -0.15) is 5.10 Å². The first-order chi connectivity index (χ1) is 16.0. The molecule has 0 saturated carbocycles. The fourth-order valence-electron chi connectivity index (χ4n) is 3.73. The van der Waals surface area contributed by atoms with Gasteiger partial charge >= 0.3 is 0 Å². The molecule has 0 atom stereocenters. The lowest BCUT2D eigenvalue weighted by molar-refractivity contribution is -0.124. The second-order valence-corrected chi connectivity index (χ2v) is 8.31. The molecule has 1 aromatic heterocycles. The first-order valence-corrected chi connectivity index (χ1v) is 11.1. The fourth-order valence-corrected chi connectivity index (χ4v) is 3.86. The second-order valence-electron chi connectivity index (χ2n) is 7.88. The third-order valence-electron chi connectivity index (χ3n) is 5.42. The Morgan fingerprint density at radius 1 is 1.21 bits per heavy atom. The summed E-state index contributed by atoms with van der Waals surface area (Å²) >= 11 is 5.92. The highest BCUT2D eigenvalue weighted by Crippen LogP contribution is 2.32. The molecule has 0 bridgehead atoms. The van der Waals surface area contributed by atoms with Gasteiger partial charge in [0.2, 0.25) is 11.8 Å². The van der Waals surface area contributed by atoms with E-state index in [-0.39, 0.29) is 18.2 Å². The first-order valence-electron chi connectivity index (χ1n) is 10.8. The number of carbonyl (C=O) groups is 2. The van der Waals surface area contributed by atoms with Gasteiger partial charge in [0.1, 0.15) is 12.4 Å². The van der Waals surface area contributed by atoms with Gasteiger partial charge in [-0.05, 0) is 42.0 Å². The highest BCUT2D eigenvalue weighted by molar-refractivity contribution is 6.30. The topological polar surface area (TPSA) is 88.5 Å². The van der Waals surface area contributed by atoms with Gasteiger partial charge in [0.05, 0.1) is 18.7 Å². The standard InChI is InChI=1S/C24H26ClN5O3/c1-29-21(8-9-27-29)20-15-19(28-23(31)14-17-2-4-18(25)5-3-17)6-7-22(20)33-13-12-30-11-10-26-24(32)16-30/h2-9,15H,10-14,16H2,1H3,(H,26,32)(H,28,31). The summed E-state index contributed by atoms with van der Waals surface area (Å²) in [6, 6.07) is 14.7. The van der Waals surface area contributed by atoms with Crippen LogP contribution in [0.4, 0.5) is 5.69 Å². The number of carbonyl (C=O) groups excluding carboxylic acids is 2. The Morgan fingerprint density at radius 3 is 2.76 bits per heavy atom. The van der Waals surface area contributed by atoms with Crippen LogP contribution in [0.25, 0.3) is 11.3 Å². The molecule has 0 aliphatic carbocycles. The fraction of sp³-hybridized carbons (Fsp3) is 0.292. The third kappa shape index (κ3) is 6.12. The number of halogens is 1. The van der Waals surface area contributed by atoms with Gasteiger partial charge in [0.15, 0.2) is 0 Å². The van der Waals surface area contributed by atoms with E-state index in [0.717, 1.165) is 23.4 Å². The molecule has 1 aliphatic heterocycles. The summed E-state index contributed by atoms with van der Waals surface area (Å²) in [4.78, 5) is 26.2. The zero-order chi connectivity index (χ0) is 23.2. The van der Waals surface area contributed by atoms with E-state index in [0.29, 0.717) is 42.7 Å². The Bertz CT molecular complexity index is 1130. The monoisotopic (exact) mass is 467 g/mol. The average Bonchev–Trinajstić information content (AvgIpc) is 3.22. The number of nitrogens with one attached hydrogen (secondary N) is 2. The van der Waals surface area contributed by atoms with Crippen LogP contribution in [-0.4, -0.2) is 59.3 Å². The van der Waals surface area contributed by atoms with E-state index < -0.39 is 0 Å². The molecule has 2 N–H and O–H groups in total. The lowest BCUT2D eigenvalue weighted by Gasteiger charge is -2.26. The van der Waals surface area contributed by atoms with Gasteiger partial charge in [0, 0.05) is 49.2 Å². The molecular formula is C24H26ClN5O3. The van der Waals surface area contributed by atoms with Gasteiger partial charge in [-0.25, -0.2) is 0 Å². The van der Waals surface area contributed by atoms with Crippen molar-refractivity contribution >= 4 is 29.1 Å². The highest BCUT2D eigenvalue weighted by atomic mass is 35.5. The van der Waals surface area contributed by atoms with E-state index >= 15 is 0 Å². The van der Waals surface area contributed by atoms with Crippen LogP contribution in [0, 0.1) is 0 Å². The van der Waals surface area contributed by atoms with Crippen molar-refractivity contribution in [3.8, 4) is 17.0 Å². The van der Waals surface area contributed by atoms with E-state index in [1.165, 1.54) is 0 Å². The lowest BCUT2D eigenvalue weighted by Crippen LogP contribution is -2.48. The molecule has 3 aromatic rings. The number of aromatic nitrogens is 2. The van der Waals surface area contributed by atoms with Crippen LogP contribution in [0.5, 0.6) is 5.75 Å². The number of benzene rings is 2. The van der Waals surface area contributed by atoms with Gasteiger partial charge in [-0.15, -0.1) is 0 Å². The van der Waals surface area contributed by atoms with Crippen LogP contribution < -0.4 is 15.4 Å². The largest absolute Gasteiger partial charge is 0.492 e. The average molecular weight is 468 g/mol. The first kappa shape index (κ1) is 22.8. The van der Waals surface area contributed by atoms with Crippen LogP contribution in [0.15, 0.2) is 54.7 Å². The molecule has 9 heteroatoms. The van der Waals surface area contributed by atoms with E-state index in [4.69, 9.17) is 16.3 Å². The number of anilines is 1. The summed E-state index contributed by atoms with van der Waals surface area (Å²) in [5.41, 5.74) is 3.26. The minimum absolute atomic E-state index is 0.0375. The van der Waals surface area contributed by atoms with Crippen LogP contribution in [0.1, 0.15) is 5.56 Å². The SMILES string of the molecule is Cn1nccc1-c1cc(NC(=O)Cc2ccc(Cl)cc2)ccc1OCCN1CCNC(=O)C1. The van der Waals surface area contributed by atoms with Crippen LogP contribution in [-0.2, 0) is 23.1 Å². The summed E-state index contributed by atoms with van der Waals surface area (Å²) in [6.45, 7) is 2.95. The van der Waals surface area contributed by atoms with Crippen molar-refractivity contribution in [1.82, 2.24) is 20.0 Å². The Balaban J connectivity index is 1.45. The number of hydrogen-bond acceptors (Lipinski definition) is 5. The zero-order valence-corrected chi connectivity index (χ0v) is 19.1. The summed E-state index contributed by atoms with van der Waals surface area (Å²) in [6.07, 6.45) is 1.97. The molecule has 2 aromatic carbocycles. The molecule has 1 saturated heterocycles. The third-order valence-corrected chi connectivity index (χ3v) is 5.67. The molecule has 172 valence electrons. The van der Waals surface area contributed by atoms with Crippen molar-refractivity contribution in [2.24, 2.45) is 7.05 Å². The number of nitrogens with zero attached hydrogens (tertiary/aromatic N) is 3. The molecule has 1 fully saturated rings. The molecule has 2 heterocycles. The van der Waals surface area contributed by atoms with Gasteiger partial charge in [-0.1, -0.05) is 23.7 Å². The molecule has 0 spiro atoms. The Morgan fingerprint density at radius 2 is 2.03 bits per heavy atom. The van der Waals surface area contributed by atoms with Gasteiger partial charge < -0.3 is 15.4 Å². The maximum atomic E-state index is 12.6. The Kier molecular flexibility index (Phi) is 7.26. The zero-order valence-electron chi connectivity index (χ0n) is 18.4. The minimum atomic E-state index is -0.120. The number of aryl methyl sites for hydroxylation is 1. The van der Waals surface area contributed by atoms with E-state index in [2.05, 4.69) is 20.6 Å². The van der Waals surface area contributed by atoms with Crippen LogP contribution >= 0.6 is 11.6 Å². The molecule has 4 rings (SSSR count). The molecule has 2 amide bonds. The number of rotatable bonds is 8. The molecular weight excluding hydrogens is 442 g/mol. The number of piperazine rings is 1. The van der Waals surface area contributed by atoms with Crippen LogP contribution in [0.3, 0.4) is 0 Å². The van der Waals surface area contributed by atoms with Crippen molar-refractivity contribution in [2.45, 2.75) is 6.42 Å². The summed E-state index contributed by atoms with van der Waals surface area (Å²) < 4.78 is 7.84. The summed E-state index contributed by atoms with van der Waals surface area (Å²) in [5, 5.41) is 10.7. The van der Waals surface area contributed by atoms with E-state index in [9.17, 15) is 9.59 Å². The van der Waals surface area contributed by atoms with Crippen molar-refractivity contribution < 1.29 is 14.3 Å². The van der Waals surface area contributed by atoms with Crippen molar-refractivity contribution in [2.75, 3.05) is 38.1 Å². The van der Waals surface area contributed by atoms with Crippen molar-refractivity contribution in [3.05, 3.63) is 65.3 Å². The highest BCUT2D eigenvalue weighted by Gasteiger charge is 2.17. The normalized spacial score (nSPS) is 14.1. The predicted octanol–water partition coefficient (Wildman–Crippen LogP) is 2.73. The van der Waals surface area contributed by atoms with Crippen molar-refractivity contribution in [3.63, 3.8) is 0 Å². The molecule has 1 aliphatic rings. The maximum absolute atomic E-state index is 12.6. The maximum Gasteiger partial charge on any atom is 0.234 e. The molecule has 33 heavy (non-hydrogen) atoms. The quantitative estimate of drug-likeness (QED) is 0.532. The smallest absolute Gasteiger partial charge is 0.234 e. The molecule has 8 nitrogen and oxygen atoms in total. The second kappa shape index (κ2) is 10.5. The summed E-state index contributed by atoms with van der Waals surface area (Å²) in [5.74, 6) is 0.608. The number of ether oxygens (including phenoxy) is 1. The Hall–Kier alpha value is -3.36.